The fourth-order valence-electron chi connectivity index (χ4n) is 2.32. The van der Waals surface area contributed by atoms with Crippen molar-refractivity contribution in [2.75, 3.05) is 5.73 Å². The monoisotopic (exact) mass is 344 g/mol. The average Bonchev–Trinajstić information content (AvgIpc) is 2.98. The second-order valence-corrected chi connectivity index (χ2v) is 6.72. The van der Waals surface area contributed by atoms with Gasteiger partial charge in [-0.15, -0.1) is 0 Å². The summed E-state index contributed by atoms with van der Waals surface area (Å²) < 4.78 is 30.6. The van der Waals surface area contributed by atoms with Crippen LogP contribution in [0.2, 0.25) is 0 Å². The number of aromatic carboxylic acids is 1. The SMILES string of the molecule is Nc1noc(S(=O)(=O)c2ccccc2-c2ccccc2)c1C(=O)O. The molecular weight excluding hydrogens is 332 g/mol. The van der Waals surface area contributed by atoms with Crippen LogP contribution in [0.1, 0.15) is 10.4 Å². The van der Waals surface area contributed by atoms with E-state index in [1.807, 2.05) is 0 Å². The van der Waals surface area contributed by atoms with Crippen molar-refractivity contribution in [3.8, 4) is 11.1 Å². The topological polar surface area (TPSA) is 123 Å². The van der Waals surface area contributed by atoms with Crippen LogP contribution in [-0.2, 0) is 9.84 Å². The number of benzene rings is 2. The second-order valence-electron chi connectivity index (χ2n) is 4.90. The molecule has 0 amide bonds. The number of nitrogens with two attached hydrogens (primary N) is 1. The lowest BCUT2D eigenvalue weighted by atomic mass is 10.1. The predicted octanol–water partition coefficient (Wildman–Crippen LogP) is 2.45. The summed E-state index contributed by atoms with van der Waals surface area (Å²) in [7, 11) is -4.26. The Labute approximate surface area is 137 Å². The van der Waals surface area contributed by atoms with Gasteiger partial charge in [0.1, 0.15) is 0 Å². The zero-order valence-electron chi connectivity index (χ0n) is 12.2. The quantitative estimate of drug-likeness (QED) is 0.745. The summed E-state index contributed by atoms with van der Waals surface area (Å²) in [6, 6.07) is 15.1. The molecule has 0 aliphatic carbocycles. The van der Waals surface area contributed by atoms with E-state index in [0.717, 1.165) is 0 Å². The number of aromatic nitrogens is 1. The summed E-state index contributed by atoms with van der Waals surface area (Å²) in [4.78, 5) is 11.2. The van der Waals surface area contributed by atoms with Gasteiger partial charge >= 0.3 is 5.97 Å². The van der Waals surface area contributed by atoms with E-state index in [0.29, 0.717) is 11.1 Å². The van der Waals surface area contributed by atoms with Crippen molar-refractivity contribution < 1.29 is 22.8 Å². The summed E-state index contributed by atoms with van der Waals surface area (Å²) in [5, 5.41) is 11.7. The zero-order valence-corrected chi connectivity index (χ0v) is 13.0. The number of carboxylic acids is 1. The Bertz CT molecular complexity index is 1010. The van der Waals surface area contributed by atoms with Crippen molar-refractivity contribution in [1.82, 2.24) is 5.16 Å². The lowest BCUT2D eigenvalue weighted by Gasteiger charge is -2.09. The molecular formula is C16H12N2O5S. The number of carbonyl (C=O) groups is 1. The Hall–Kier alpha value is -3.13. The van der Waals surface area contributed by atoms with Crippen LogP contribution >= 0.6 is 0 Å². The van der Waals surface area contributed by atoms with Gasteiger partial charge in [-0.2, -0.15) is 0 Å². The van der Waals surface area contributed by atoms with Crippen LogP contribution in [0.15, 0.2) is 69.1 Å². The molecule has 3 rings (SSSR count). The molecule has 0 radical (unpaired) electrons. The van der Waals surface area contributed by atoms with Gasteiger partial charge in [0.2, 0.25) is 9.84 Å². The maximum atomic E-state index is 12.9. The van der Waals surface area contributed by atoms with Crippen molar-refractivity contribution in [3.63, 3.8) is 0 Å². The van der Waals surface area contributed by atoms with E-state index in [1.54, 1.807) is 48.5 Å². The highest BCUT2D eigenvalue weighted by Crippen LogP contribution is 2.33. The normalized spacial score (nSPS) is 11.3. The molecule has 1 aromatic heterocycles. The highest BCUT2D eigenvalue weighted by Gasteiger charge is 2.34. The first kappa shape index (κ1) is 15.8. The molecule has 24 heavy (non-hydrogen) atoms. The molecule has 3 aromatic rings. The van der Waals surface area contributed by atoms with Crippen molar-refractivity contribution in [3.05, 3.63) is 60.2 Å². The lowest BCUT2D eigenvalue weighted by Crippen LogP contribution is -2.10. The van der Waals surface area contributed by atoms with E-state index in [4.69, 9.17) is 10.3 Å². The summed E-state index contributed by atoms with van der Waals surface area (Å²) in [5.41, 5.74) is 5.84. The van der Waals surface area contributed by atoms with Gasteiger partial charge in [-0.1, -0.05) is 53.7 Å². The van der Waals surface area contributed by atoms with Gasteiger partial charge in [0.25, 0.3) is 5.09 Å². The van der Waals surface area contributed by atoms with E-state index < -0.39 is 32.3 Å². The Morgan fingerprint density at radius 3 is 2.33 bits per heavy atom. The highest BCUT2D eigenvalue weighted by atomic mass is 32.2. The minimum Gasteiger partial charge on any atom is -0.477 e. The molecule has 8 heteroatoms. The molecule has 0 saturated heterocycles. The largest absolute Gasteiger partial charge is 0.477 e. The van der Waals surface area contributed by atoms with E-state index >= 15 is 0 Å². The van der Waals surface area contributed by atoms with Crippen LogP contribution < -0.4 is 5.73 Å². The smallest absolute Gasteiger partial charge is 0.344 e. The Balaban J connectivity index is 2.25. The van der Waals surface area contributed by atoms with Crippen LogP contribution in [0.5, 0.6) is 0 Å². The van der Waals surface area contributed by atoms with Crippen molar-refractivity contribution in [1.29, 1.82) is 0 Å². The van der Waals surface area contributed by atoms with Crippen molar-refractivity contribution >= 4 is 21.6 Å². The maximum Gasteiger partial charge on any atom is 0.344 e. The Kier molecular flexibility index (Phi) is 3.82. The molecule has 0 aliphatic heterocycles. The molecule has 0 saturated carbocycles. The fraction of sp³-hybridized carbons (Fsp3) is 0. The molecule has 0 bridgehead atoms. The fourth-order valence-corrected chi connectivity index (χ4v) is 3.85. The summed E-state index contributed by atoms with van der Waals surface area (Å²) >= 11 is 0. The summed E-state index contributed by atoms with van der Waals surface area (Å²) in [5.74, 6) is -2.01. The van der Waals surface area contributed by atoms with Crippen molar-refractivity contribution in [2.24, 2.45) is 0 Å². The van der Waals surface area contributed by atoms with E-state index in [-0.39, 0.29) is 4.90 Å². The lowest BCUT2D eigenvalue weighted by molar-refractivity contribution is 0.0690. The number of anilines is 1. The first-order chi connectivity index (χ1) is 11.4. The predicted molar refractivity (Wildman–Crippen MR) is 85.2 cm³/mol. The van der Waals surface area contributed by atoms with Crippen molar-refractivity contribution in [2.45, 2.75) is 9.99 Å². The maximum absolute atomic E-state index is 12.9. The summed E-state index contributed by atoms with van der Waals surface area (Å²) in [6.45, 7) is 0. The number of carboxylic acid groups (broad SMARTS) is 1. The van der Waals surface area contributed by atoms with Gasteiger partial charge in [-0.3, -0.25) is 0 Å². The van der Waals surface area contributed by atoms with Crippen LogP contribution in [0.25, 0.3) is 11.1 Å². The highest BCUT2D eigenvalue weighted by molar-refractivity contribution is 7.91. The third kappa shape index (κ3) is 2.52. The van der Waals surface area contributed by atoms with Gasteiger partial charge in [-0.25, -0.2) is 13.2 Å². The number of nitrogen functional groups attached to an aromatic ring is 1. The third-order valence-electron chi connectivity index (χ3n) is 3.41. The molecule has 0 atom stereocenters. The molecule has 0 unspecified atom stereocenters. The van der Waals surface area contributed by atoms with Crippen LogP contribution in [0.4, 0.5) is 5.82 Å². The average molecular weight is 344 g/mol. The Morgan fingerprint density at radius 1 is 1.04 bits per heavy atom. The van der Waals surface area contributed by atoms with Crippen LogP contribution in [-0.4, -0.2) is 24.7 Å². The molecule has 0 fully saturated rings. The van der Waals surface area contributed by atoms with E-state index in [2.05, 4.69) is 5.16 Å². The molecule has 2 aromatic carbocycles. The first-order valence-corrected chi connectivity index (χ1v) is 8.29. The zero-order chi connectivity index (χ0) is 17.3. The third-order valence-corrected chi connectivity index (χ3v) is 5.11. The number of hydrogen-bond acceptors (Lipinski definition) is 6. The number of nitrogens with zero attached hydrogens (tertiary/aromatic N) is 1. The minimum atomic E-state index is -4.26. The standard InChI is InChI=1S/C16H12N2O5S/c17-14-13(15(19)20)16(23-18-14)24(21,22)12-9-5-4-8-11(12)10-6-2-1-3-7-10/h1-9H,(H2,17,18)(H,19,20). The molecule has 0 spiro atoms. The van der Waals surface area contributed by atoms with Gasteiger partial charge < -0.3 is 15.4 Å². The van der Waals surface area contributed by atoms with Gasteiger partial charge in [0.15, 0.2) is 11.4 Å². The van der Waals surface area contributed by atoms with E-state index in [1.165, 1.54) is 6.07 Å². The molecule has 3 N–H and O–H groups in total. The molecule has 1 heterocycles. The Morgan fingerprint density at radius 2 is 1.67 bits per heavy atom. The first-order valence-electron chi connectivity index (χ1n) is 6.81. The number of hydrogen-bond donors (Lipinski definition) is 2. The number of rotatable bonds is 4. The number of sulfone groups is 1. The second kappa shape index (κ2) is 5.82. The van der Waals surface area contributed by atoms with E-state index in [9.17, 15) is 18.3 Å². The van der Waals surface area contributed by atoms with Gasteiger partial charge in [0.05, 0.1) is 4.90 Å². The summed E-state index contributed by atoms with van der Waals surface area (Å²) in [6.07, 6.45) is 0. The van der Waals surface area contributed by atoms with Crippen LogP contribution in [0, 0.1) is 0 Å². The van der Waals surface area contributed by atoms with Crippen LogP contribution in [0.3, 0.4) is 0 Å². The molecule has 122 valence electrons. The molecule has 7 nitrogen and oxygen atoms in total. The minimum absolute atomic E-state index is 0.0881. The molecule has 0 aliphatic rings. The van der Waals surface area contributed by atoms with Gasteiger partial charge in [0, 0.05) is 5.56 Å². The van der Waals surface area contributed by atoms with Gasteiger partial charge in [-0.05, 0) is 11.6 Å².